The molecular formula is C21H28N2O5S. The Kier molecular flexibility index (Phi) is 7.23. The van der Waals surface area contributed by atoms with Crippen molar-refractivity contribution in [3.63, 3.8) is 0 Å². The van der Waals surface area contributed by atoms with Crippen LogP contribution in [0.5, 0.6) is 0 Å². The molecule has 8 heteroatoms. The predicted molar refractivity (Wildman–Crippen MR) is 111 cm³/mol. The second-order valence-electron chi connectivity index (χ2n) is 6.95. The maximum absolute atomic E-state index is 13.0. The highest BCUT2D eigenvalue weighted by Crippen LogP contribution is 2.23. The molecular weight excluding hydrogens is 392 g/mol. The first-order valence-electron chi connectivity index (χ1n) is 9.90. The van der Waals surface area contributed by atoms with Crippen molar-refractivity contribution >= 4 is 26.7 Å². The first kappa shape index (κ1) is 21.7. The van der Waals surface area contributed by atoms with Crippen LogP contribution in [0, 0.1) is 0 Å². The third-order valence-electron chi connectivity index (χ3n) is 5.06. The Morgan fingerprint density at radius 3 is 2.41 bits per heavy atom. The van der Waals surface area contributed by atoms with Gasteiger partial charge in [-0.1, -0.05) is 30.3 Å². The third-order valence-corrected chi connectivity index (χ3v) is 6.95. The molecule has 1 amide bonds. The van der Waals surface area contributed by atoms with Crippen LogP contribution in [-0.4, -0.2) is 75.6 Å². The predicted octanol–water partition coefficient (Wildman–Crippen LogP) is 2.11. The Hall–Kier alpha value is -2.00. The van der Waals surface area contributed by atoms with E-state index in [2.05, 4.69) is 0 Å². The second kappa shape index (κ2) is 9.67. The van der Waals surface area contributed by atoms with Gasteiger partial charge in [-0.3, -0.25) is 4.79 Å². The molecule has 0 N–H and O–H groups in total. The van der Waals surface area contributed by atoms with Crippen LogP contribution in [-0.2, 0) is 24.3 Å². The smallest absolute Gasteiger partial charge is 0.251 e. The zero-order valence-electron chi connectivity index (χ0n) is 16.9. The molecule has 0 saturated carbocycles. The molecule has 0 bridgehead atoms. The standard InChI is InChI=1S/C21H28N2O5S/c1-3-27-14-15-28-17(2)21(24)22-10-12-23(13-11-22)29(25,26)20-9-8-18-6-4-5-7-19(18)16-20/h4-9,16-17H,3,10-15H2,1-2H3. The largest absolute Gasteiger partial charge is 0.379 e. The van der Waals surface area contributed by atoms with Crippen molar-refractivity contribution in [2.24, 2.45) is 0 Å². The Balaban J connectivity index is 1.59. The summed E-state index contributed by atoms with van der Waals surface area (Å²) in [6, 6.07) is 12.8. The summed E-state index contributed by atoms with van der Waals surface area (Å²) in [7, 11) is -3.60. The number of piperazine rings is 1. The van der Waals surface area contributed by atoms with E-state index in [1.54, 1.807) is 24.0 Å². The van der Waals surface area contributed by atoms with Gasteiger partial charge in [-0.05, 0) is 36.8 Å². The van der Waals surface area contributed by atoms with Crippen LogP contribution in [0.2, 0.25) is 0 Å². The van der Waals surface area contributed by atoms with Crippen molar-refractivity contribution in [3.8, 4) is 0 Å². The van der Waals surface area contributed by atoms with Crippen molar-refractivity contribution in [1.82, 2.24) is 9.21 Å². The molecule has 1 saturated heterocycles. The van der Waals surface area contributed by atoms with Gasteiger partial charge in [0.25, 0.3) is 5.91 Å². The molecule has 158 valence electrons. The summed E-state index contributed by atoms with van der Waals surface area (Å²) in [6.07, 6.45) is -0.570. The average Bonchev–Trinajstić information content (AvgIpc) is 2.75. The Labute approximate surface area is 172 Å². The fraction of sp³-hybridized carbons (Fsp3) is 0.476. The molecule has 1 fully saturated rings. The van der Waals surface area contributed by atoms with E-state index in [-0.39, 0.29) is 23.9 Å². The number of ether oxygens (including phenoxy) is 2. The number of sulfonamides is 1. The average molecular weight is 421 g/mol. The van der Waals surface area contributed by atoms with Crippen LogP contribution >= 0.6 is 0 Å². The summed E-state index contributed by atoms with van der Waals surface area (Å²) in [6.45, 7) is 6.28. The monoisotopic (exact) mass is 420 g/mol. The molecule has 1 aliphatic heterocycles. The Morgan fingerprint density at radius 1 is 1.03 bits per heavy atom. The first-order chi connectivity index (χ1) is 13.9. The quantitative estimate of drug-likeness (QED) is 0.612. The summed E-state index contributed by atoms with van der Waals surface area (Å²) in [5.41, 5.74) is 0. The second-order valence-corrected chi connectivity index (χ2v) is 8.89. The minimum Gasteiger partial charge on any atom is -0.379 e. The van der Waals surface area contributed by atoms with Gasteiger partial charge in [0.2, 0.25) is 10.0 Å². The molecule has 0 aromatic heterocycles. The summed E-state index contributed by atoms with van der Waals surface area (Å²) in [4.78, 5) is 14.5. The van der Waals surface area contributed by atoms with E-state index < -0.39 is 16.1 Å². The molecule has 29 heavy (non-hydrogen) atoms. The molecule has 2 aromatic rings. The number of hydrogen-bond acceptors (Lipinski definition) is 5. The third kappa shape index (κ3) is 5.14. The molecule has 1 aliphatic rings. The topological polar surface area (TPSA) is 76.2 Å². The molecule has 0 aliphatic carbocycles. The van der Waals surface area contributed by atoms with E-state index in [0.717, 1.165) is 10.8 Å². The van der Waals surface area contributed by atoms with E-state index in [0.29, 0.717) is 32.9 Å². The SMILES string of the molecule is CCOCCOC(C)C(=O)N1CCN(S(=O)(=O)c2ccc3ccccc3c2)CC1. The number of hydrogen-bond donors (Lipinski definition) is 0. The summed E-state index contributed by atoms with van der Waals surface area (Å²) in [5, 5.41) is 1.89. The minimum absolute atomic E-state index is 0.121. The summed E-state index contributed by atoms with van der Waals surface area (Å²) < 4.78 is 38.2. The van der Waals surface area contributed by atoms with E-state index in [4.69, 9.17) is 9.47 Å². The van der Waals surface area contributed by atoms with Crippen LogP contribution in [0.3, 0.4) is 0 Å². The van der Waals surface area contributed by atoms with Crippen molar-refractivity contribution in [1.29, 1.82) is 0 Å². The Bertz CT molecular complexity index is 939. The van der Waals surface area contributed by atoms with Crippen molar-refractivity contribution in [3.05, 3.63) is 42.5 Å². The summed E-state index contributed by atoms with van der Waals surface area (Å²) >= 11 is 0. The Morgan fingerprint density at radius 2 is 1.72 bits per heavy atom. The first-order valence-corrected chi connectivity index (χ1v) is 11.3. The lowest BCUT2D eigenvalue weighted by molar-refractivity contribution is -0.144. The van der Waals surface area contributed by atoms with E-state index in [9.17, 15) is 13.2 Å². The van der Waals surface area contributed by atoms with Gasteiger partial charge >= 0.3 is 0 Å². The van der Waals surface area contributed by atoms with Crippen LogP contribution in [0.4, 0.5) is 0 Å². The lowest BCUT2D eigenvalue weighted by atomic mass is 10.1. The maximum Gasteiger partial charge on any atom is 0.251 e. The van der Waals surface area contributed by atoms with Crippen LogP contribution in [0.15, 0.2) is 47.4 Å². The highest BCUT2D eigenvalue weighted by atomic mass is 32.2. The number of carbonyl (C=O) groups is 1. The van der Waals surface area contributed by atoms with Gasteiger partial charge in [-0.15, -0.1) is 0 Å². The maximum atomic E-state index is 13.0. The highest BCUT2D eigenvalue weighted by Gasteiger charge is 2.31. The lowest BCUT2D eigenvalue weighted by Crippen LogP contribution is -2.52. The minimum atomic E-state index is -3.60. The number of benzene rings is 2. The summed E-state index contributed by atoms with van der Waals surface area (Å²) in [5.74, 6) is -0.121. The molecule has 0 spiro atoms. The fourth-order valence-corrected chi connectivity index (χ4v) is 4.84. The normalized spacial score (nSPS) is 16.8. The molecule has 7 nitrogen and oxygen atoms in total. The number of carbonyl (C=O) groups excluding carboxylic acids is 1. The van der Waals surface area contributed by atoms with Crippen LogP contribution < -0.4 is 0 Å². The van der Waals surface area contributed by atoms with E-state index >= 15 is 0 Å². The van der Waals surface area contributed by atoms with Crippen LogP contribution in [0.1, 0.15) is 13.8 Å². The van der Waals surface area contributed by atoms with Gasteiger partial charge in [0.1, 0.15) is 6.10 Å². The van der Waals surface area contributed by atoms with Gasteiger partial charge in [-0.25, -0.2) is 8.42 Å². The molecule has 1 heterocycles. The fourth-order valence-electron chi connectivity index (χ4n) is 3.38. The zero-order valence-corrected chi connectivity index (χ0v) is 17.7. The number of nitrogens with zero attached hydrogens (tertiary/aromatic N) is 2. The number of fused-ring (bicyclic) bond motifs is 1. The van der Waals surface area contributed by atoms with Gasteiger partial charge in [0, 0.05) is 32.8 Å². The van der Waals surface area contributed by atoms with Crippen molar-refractivity contribution in [2.45, 2.75) is 24.8 Å². The van der Waals surface area contributed by atoms with E-state index in [1.165, 1.54) is 4.31 Å². The van der Waals surface area contributed by atoms with Gasteiger partial charge in [-0.2, -0.15) is 4.31 Å². The van der Waals surface area contributed by atoms with Gasteiger partial charge < -0.3 is 14.4 Å². The van der Waals surface area contributed by atoms with Crippen LogP contribution in [0.25, 0.3) is 10.8 Å². The molecule has 2 aromatic carbocycles. The van der Waals surface area contributed by atoms with Gasteiger partial charge in [0.05, 0.1) is 18.1 Å². The number of amides is 1. The van der Waals surface area contributed by atoms with E-state index in [1.807, 2.05) is 37.3 Å². The molecule has 1 atom stereocenters. The van der Waals surface area contributed by atoms with Crippen molar-refractivity contribution in [2.75, 3.05) is 46.0 Å². The van der Waals surface area contributed by atoms with Gasteiger partial charge in [0.15, 0.2) is 0 Å². The lowest BCUT2D eigenvalue weighted by Gasteiger charge is -2.35. The van der Waals surface area contributed by atoms with Crippen molar-refractivity contribution < 1.29 is 22.7 Å². The molecule has 0 radical (unpaired) electrons. The highest BCUT2D eigenvalue weighted by molar-refractivity contribution is 7.89. The molecule has 3 rings (SSSR count). The number of rotatable bonds is 8. The zero-order chi connectivity index (χ0) is 20.9. The molecule has 1 unspecified atom stereocenters.